The summed E-state index contributed by atoms with van der Waals surface area (Å²) in [7, 11) is 0. The van der Waals surface area contributed by atoms with E-state index in [4.69, 9.17) is 4.74 Å². The minimum atomic E-state index is 0.818. The van der Waals surface area contributed by atoms with Gasteiger partial charge in [-0.1, -0.05) is 0 Å². The number of nitrogens with zero attached hydrogens (tertiary/aromatic N) is 1. The Kier molecular flexibility index (Phi) is 2.95. The van der Waals surface area contributed by atoms with Gasteiger partial charge in [-0.25, -0.2) is 0 Å². The molecule has 3 heteroatoms. The molecule has 0 spiro atoms. The van der Waals surface area contributed by atoms with Crippen LogP contribution in [-0.2, 0) is 4.74 Å². The molecule has 0 aromatic heterocycles. The molecule has 15 heavy (non-hydrogen) atoms. The normalized spacial score (nSPS) is 42.8. The van der Waals surface area contributed by atoms with Gasteiger partial charge in [0.05, 0.1) is 0 Å². The van der Waals surface area contributed by atoms with Gasteiger partial charge in [-0.2, -0.15) is 0 Å². The Hall–Kier alpha value is -0.120. The van der Waals surface area contributed by atoms with Gasteiger partial charge in [0, 0.05) is 32.3 Å². The molecule has 0 bridgehead atoms. The molecule has 0 aromatic rings. The zero-order valence-electron chi connectivity index (χ0n) is 9.45. The van der Waals surface area contributed by atoms with E-state index in [1.165, 1.54) is 45.4 Å². The van der Waals surface area contributed by atoms with Gasteiger partial charge in [0.15, 0.2) is 0 Å². The van der Waals surface area contributed by atoms with Gasteiger partial charge in [0.25, 0.3) is 0 Å². The topological polar surface area (TPSA) is 24.5 Å². The number of rotatable bonds is 1. The second-order valence-corrected chi connectivity index (χ2v) is 5.33. The van der Waals surface area contributed by atoms with E-state index in [0.717, 1.165) is 31.1 Å². The SMILES string of the molecule is C1COCCC(N2CC3CNCC3C2)C1. The number of hydrogen-bond acceptors (Lipinski definition) is 3. The van der Waals surface area contributed by atoms with Crippen LogP contribution in [0.3, 0.4) is 0 Å². The van der Waals surface area contributed by atoms with Gasteiger partial charge in [-0.3, -0.25) is 4.90 Å². The van der Waals surface area contributed by atoms with Gasteiger partial charge in [0.1, 0.15) is 0 Å². The lowest BCUT2D eigenvalue weighted by Gasteiger charge is -2.27. The van der Waals surface area contributed by atoms with Crippen molar-refractivity contribution in [2.75, 3.05) is 39.4 Å². The Bertz CT molecular complexity index is 202. The second kappa shape index (κ2) is 4.40. The predicted octanol–water partition coefficient (Wildman–Crippen LogP) is 0.707. The fourth-order valence-corrected chi connectivity index (χ4v) is 3.44. The lowest BCUT2D eigenvalue weighted by atomic mass is 10.0. The Balaban J connectivity index is 1.58. The highest BCUT2D eigenvalue weighted by Gasteiger charge is 2.38. The second-order valence-electron chi connectivity index (χ2n) is 5.33. The van der Waals surface area contributed by atoms with Crippen LogP contribution in [0.2, 0.25) is 0 Å². The molecule has 0 radical (unpaired) electrons. The minimum Gasteiger partial charge on any atom is -0.381 e. The third-order valence-corrected chi connectivity index (χ3v) is 4.36. The summed E-state index contributed by atoms with van der Waals surface area (Å²) in [5.41, 5.74) is 0. The highest BCUT2D eigenvalue weighted by molar-refractivity contribution is 4.93. The van der Waals surface area contributed by atoms with Crippen LogP contribution in [0.15, 0.2) is 0 Å². The average molecular weight is 210 g/mol. The molecular formula is C12H22N2O. The zero-order chi connectivity index (χ0) is 10.1. The van der Waals surface area contributed by atoms with E-state index < -0.39 is 0 Å². The maximum atomic E-state index is 5.54. The first-order chi connectivity index (χ1) is 7.43. The maximum absolute atomic E-state index is 5.54. The third-order valence-electron chi connectivity index (χ3n) is 4.36. The molecule has 0 amide bonds. The van der Waals surface area contributed by atoms with Crippen LogP contribution in [0.25, 0.3) is 0 Å². The molecule has 0 saturated carbocycles. The van der Waals surface area contributed by atoms with Crippen LogP contribution in [0.1, 0.15) is 19.3 Å². The standard InChI is InChI=1S/C12H22N2O/c1-2-12(3-5-15-4-1)14-8-10-6-13-7-11(10)9-14/h10-13H,1-9H2. The van der Waals surface area contributed by atoms with Crippen molar-refractivity contribution in [3.05, 3.63) is 0 Å². The predicted molar refractivity (Wildman–Crippen MR) is 59.9 cm³/mol. The summed E-state index contributed by atoms with van der Waals surface area (Å²) in [5.74, 6) is 1.88. The highest BCUT2D eigenvalue weighted by atomic mass is 16.5. The number of nitrogens with one attached hydrogen (secondary N) is 1. The lowest BCUT2D eigenvalue weighted by Crippen LogP contribution is -2.35. The van der Waals surface area contributed by atoms with Crippen molar-refractivity contribution in [2.24, 2.45) is 11.8 Å². The van der Waals surface area contributed by atoms with Crippen LogP contribution in [0, 0.1) is 11.8 Å². The van der Waals surface area contributed by atoms with E-state index in [0.29, 0.717) is 0 Å². The summed E-state index contributed by atoms with van der Waals surface area (Å²) in [6.45, 7) is 7.15. The van der Waals surface area contributed by atoms with Crippen molar-refractivity contribution in [1.82, 2.24) is 10.2 Å². The Morgan fingerprint density at radius 2 is 1.80 bits per heavy atom. The van der Waals surface area contributed by atoms with Crippen molar-refractivity contribution in [1.29, 1.82) is 0 Å². The van der Waals surface area contributed by atoms with Crippen LogP contribution in [0.5, 0.6) is 0 Å². The molecule has 3 heterocycles. The fourth-order valence-electron chi connectivity index (χ4n) is 3.44. The first-order valence-electron chi connectivity index (χ1n) is 6.46. The van der Waals surface area contributed by atoms with Crippen molar-refractivity contribution < 1.29 is 4.74 Å². The first-order valence-corrected chi connectivity index (χ1v) is 6.46. The molecule has 0 aliphatic carbocycles. The Labute approximate surface area is 92.2 Å². The van der Waals surface area contributed by atoms with Crippen LogP contribution in [-0.4, -0.2) is 50.3 Å². The van der Waals surface area contributed by atoms with Gasteiger partial charge in [0.2, 0.25) is 0 Å². The number of likely N-dealkylation sites (tertiary alicyclic amines) is 1. The maximum Gasteiger partial charge on any atom is 0.0480 e. The van der Waals surface area contributed by atoms with E-state index in [9.17, 15) is 0 Å². The molecule has 3 aliphatic heterocycles. The van der Waals surface area contributed by atoms with Gasteiger partial charge in [-0.15, -0.1) is 0 Å². The molecule has 86 valence electrons. The van der Waals surface area contributed by atoms with E-state index in [1.54, 1.807) is 0 Å². The smallest absolute Gasteiger partial charge is 0.0480 e. The Morgan fingerprint density at radius 3 is 2.60 bits per heavy atom. The summed E-state index contributed by atoms with van der Waals surface area (Å²) in [6, 6.07) is 0.818. The number of fused-ring (bicyclic) bond motifs is 1. The van der Waals surface area contributed by atoms with E-state index >= 15 is 0 Å². The van der Waals surface area contributed by atoms with Crippen LogP contribution in [0.4, 0.5) is 0 Å². The zero-order valence-corrected chi connectivity index (χ0v) is 9.45. The number of hydrogen-bond donors (Lipinski definition) is 1. The summed E-state index contributed by atoms with van der Waals surface area (Å²) < 4.78 is 5.54. The van der Waals surface area contributed by atoms with Crippen molar-refractivity contribution >= 4 is 0 Å². The molecule has 3 fully saturated rings. The number of ether oxygens (including phenoxy) is 1. The van der Waals surface area contributed by atoms with Crippen molar-refractivity contribution in [3.63, 3.8) is 0 Å². The molecule has 0 aromatic carbocycles. The summed E-state index contributed by atoms with van der Waals surface area (Å²) in [5, 5.41) is 3.51. The molecule has 3 unspecified atom stereocenters. The summed E-state index contributed by atoms with van der Waals surface area (Å²) >= 11 is 0. The molecule has 1 N–H and O–H groups in total. The van der Waals surface area contributed by atoms with Gasteiger partial charge < -0.3 is 10.1 Å². The fraction of sp³-hybridized carbons (Fsp3) is 1.00. The molecule has 3 atom stereocenters. The van der Waals surface area contributed by atoms with Gasteiger partial charge in [-0.05, 0) is 44.2 Å². The Morgan fingerprint density at radius 1 is 1.00 bits per heavy atom. The van der Waals surface area contributed by atoms with Crippen LogP contribution >= 0.6 is 0 Å². The van der Waals surface area contributed by atoms with E-state index in [-0.39, 0.29) is 0 Å². The van der Waals surface area contributed by atoms with Crippen LogP contribution < -0.4 is 5.32 Å². The molecule has 3 nitrogen and oxygen atoms in total. The van der Waals surface area contributed by atoms with Crippen molar-refractivity contribution in [2.45, 2.75) is 25.3 Å². The van der Waals surface area contributed by atoms with Crippen molar-refractivity contribution in [3.8, 4) is 0 Å². The minimum absolute atomic E-state index is 0.818. The molecule has 3 rings (SSSR count). The highest BCUT2D eigenvalue weighted by Crippen LogP contribution is 2.30. The quantitative estimate of drug-likeness (QED) is 0.690. The molecule has 3 saturated heterocycles. The summed E-state index contributed by atoms with van der Waals surface area (Å²) in [6.07, 6.45) is 3.87. The molecular weight excluding hydrogens is 188 g/mol. The largest absolute Gasteiger partial charge is 0.381 e. The third kappa shape index (κ3) is 2.05. The average Bonchev–Trinajstić information content (AvgIpc) is 2.70. The monoisotopic (exact) mass is 210 g/mol. The molecule has 3 aliphatic rings. The van der Waals surface area contributed by atoms with E-state index in [1.807, 2.05) is 0 Å². The van der Waals surface area contributed by atoms with E-state index in [2.05, 4.69) is 10.2 Å². The lowest BCUT2D eigenvalue weighted by molar-refractivity contribution is 0.133. The first kappa shape index (κ1) is 10.1. The van der Waals surface area contributed by atoms with Gasteiger partial charge >= 0.3 is 0 Å². The summed E-state index contributed by atoms with van der Waals surface area (Å²) in [4.78, 5) is 2.74.